The predicted molar refractivity (Wildman–Crippen MR) is 90.2 cm³/mol. The Morgan fingerprint density at radius 1 is 1.38 bits per heavy atom. The molecule has 0 aliphatic carbocycles. The van der Waals surface area contributed by atoms with Crippen molar-refractivity contribution in [1.82, 2.24) is 9.66 Å². The van der Waals surface area contributed by atoms with Gasteiger partial charge in [0.2, 0.25) is 0 Å². The third-order valence-corrected chi connectivity index (χ3v) is 3.30. The Morgan fingerprint density at radius 3 is 2.71 bits per heavy atom. The van der Waals surface area contributed by atoms with Crippen LogP contribution in [-0.4, -0.2) is 40.1 Å². The van der Waals surface area contributed by atoms with E-state index in [-0.39, 0.29) is 18.3 Å². The minimum absolute atomic E-state index is 0.0206. The topological polar surface area (TPSA) is 99.6 Å². The molecule has 7 heteroatoms. The highest BCUT2D eigenvalue weighted by molar-refractivity contribution is 5.94. The van der Waals surface area contributed by atoms with Crippen LogP contribution in [0.15, 0.2) is 30.3 Å². The van der Waals surface area contributed by atoms with Gasteiger partial charge in [-0.15, -0.1) is 0 Å². The average Bonchev–Trinajstić information content (AvgIpc) is 2.90. The minimum atomic E-state index is -0.679. The van der Waals surface area contributed by atoms with E-state index in [2.05, 4.69) is 4.98 Å². The monoisotopic (exact) mass is 333 g/mol. The quantitative estimate of drug-likeness (QED) is 0.435. The molecular formula is C17H23N3O4. The molecule has 1 atom stereocenters. The van der Waals surface area contributed by atoms with Gasteiger partial charge in [0.15, 0.2) is 5.69 Å². The molecule has 0 fully saturated rings. The number of nitrogens with zero attached hydrogens (tertiary/aromatic N) is 2. The van der Waals surface area contributed by atoms with Crippen LogP contribution in [0.5, 0.6) is 6.01 Å². The molecule has 0 amide bonds. The first-order chi connectivity index (χ1) is 11.5. The number of unbranched alkanes of at least 4 members (excludes halogenated alkanes) is 1. The van der Waals surface area contributed by atoms with Gasteiger partial charge >= 0.3 is 12.0 Å². The summed E-state index contributed by atoms with van der Waals surface area (Å²) >= 11 is 0. The SMILES string of the molecule is CCCCOC(=O)c1nc(OCC(C)O)n(N)c1-c1ccccc1. The van der Waals surface area contributed by atoms with Crippen LogP contribution in [0.4, 0.5) is 0 Å². The molecule has 0 saturated carbocycles. The van der Waals surface area contributed by atoms with Crippen LogP contribution in [0.1, 0.15) is 37.2 Å². The molecule has 0 spiro atoms. The van der Waals surface area contributed by atoms with Gasteiger partial charge in [-0.05, 0) is 13.3 Å². The number of carbonyl (C=O) groups is 1. The van der Waals surface area contributed by atoms with Crippen molar-refractivity contribution in [1.29, 1.82) is 0 Å². The number of aliphatic hydroxyl groups is 1. The first kappa shape index (κ1) is 17.8. The zero-order valence-electron chi connectivity index (χ0n) is 13.9. The summed E-state index contributed by atoms with van der Waals surface area (Å²) in [5.74, 6) is 5.51. The van der Waals surface area contributed by atoms with Crippen LogP contribution in [0.2, 0.25) is 0 Å². The number of aromatic nitrogens is 2. The molecule has 3 N–H and O–H groups in total. The number of esters is 1. The number of rotatable bonds is 8. The number of aliphatic hydroxyl groups excluding tert-OH is 1. The van der Waals surface area contributed by atoms with E-state index < -0.39 is 12.1 Å². The highest BCUT2D eigenvalue weighted by Crippen LogP contribution is 2.27. The molecule has 2 rings (SSSR count). The lowest BCUT2D eigenvalue weighted by Gasteiger charge is -2.09. The van der Waals surface area contributed by atoms with Crippen LogP contribution < -0.4 is 10.6 Å². The molecule has 1 aromatic carbocycles. The van der Waals surface area contributed by atoms with E-state index in [0.717, 1.165) is 18.4 Å². The Morgan fingerprint density at radius 2 is 2.08 bits per heavy atom. The first-order valence-corrected chi connectivity index (χ1v) is 7.95. The van der Waals surface area contributed by atoms with E-state index in [0.29, 0.717) is 12.3 Å². The van der Waals surface area contributed by atoms with Crippen molar-refractivity contribution in [3.8, 4) is 17.3 Å². The highest BCUT2D eigenvalue weighted by Gasteiger charge is 2.25. The van der Waals surface area contributed by atoms with Crippen LogP contribution in [-0.2, 0) is 4.74 Å². The van der Waals surface area contributed by atoms with Gasteiger partial charge in [-0.2, -0.15) is 4.98 Å². The van der Waals surface area contributed by atoms with Gasteiger partial charge < -0.3 is 20.4 Å². The summed E-state index contributed by atoms with van der Waals surface area (Å²) in [6, 6.07) is 9.24. The van der Waals surface area contributed by atoms with Crippen molar-refractivity contribution in [2.24, 2.45) is 0 Å². The van der Waals surface area contributed by atoms with E-state index >= 15 is 0 Å². The van der Waals surface area contributed by atoms with E-state index in [1.165, 1.54) is 4.68 Å². The van der Waals surface area contributed by atoms with Crippen molar-refractivity contribution >= 4 is 5.97 Å². The zero-order chi connectivity index (χ0) is 17.5. The standard InChI is InChI=1S/C17H23N3O4/c1-3-4-10-23-16(22)14-15(13-8-6-5-7-9-13)20(18)17(19-14)24-11-12(2)21/h5-9,12,21H,3-4,10-11,18H2,1-2H3. The van der Waals surface area contributed by atoms with Crippen molar-refractivity contribution < 1.29 is 19.4 Å². The number of imidazole rings is 1. The molecular weight excluding hydrogens is 310 g/mol. The van der Waals surface area contributed by atoms with Gasteiger partial charge in [0, 0.05) is 5.56 Å². The Balaban J connectivity index is 2.36. The maximum atomic E-state index is 12.4. The fourth-order valence-electron chi connectivity index (χ4n) is 2.10. The Hall–Kier alpha value is -2.54. The fourth-order valence-corrected chi connectivity index (χ4v) is 2.10. The van der Waals surface area contributed by atoms with Gasteiger partial charge in [0.25, 0.3) is 0 Å². The lowest BCUT2D eigenvalue weighted by atomic mass is 10.1. The highest BCUT2D eigenvalue weighted by atomic mass is 16.5. The molecule has 1 heterocycles. The third-order valence-electron chi connectivity index (χ3n) is 3.30. The van der Waals surface area contributed by atoms with Crippen molar-refractivity contribution in [2.75, 3.05) is 19.1 Å². The molecule has 130 valence electrons. The summed E-state index contributed by atoms with van der Waals surface area (Å²) in [7, 11) is 0. The summed E-state index contributed by atoms with van der Waals surface area (Å²) in [5.41, 5.74) is 1.24. The molecule has 2 aromatic rings. The summed E-state index contributed by atoms with van der Waals surface area (Å²) in [6.07, 6.45) is 1.02. The summed E-state index contributed by atoms with van der Waals surface area (Å²) in [6.45, 7) is 3.94. The number of ether oxygens (including phenoxy) is 2. The maximum Gasteiger partial charge on any atom is 0.359 e. The number of nitrogens with two attached hydrogens (primary N) is 1. The van der Waals surface area contributed by atoms with Crippen LogP contribution in [0.25, 0.3) is 11.3 Å². The second-order valence-electron chi connectivity index (χ2n) is 5.48. The molecule has 0 saturated heterocycles. The van der Waals surface area contributed by atoms with E-state index in [9.17, 15) is 9.90 Å². The van der Waals surface area contributed by atoms with Crippen LogP contribution in [0, 0.1) is 0 Å². The Bertz CT molecular complexity index is 668. The van der Waals surface area contributed by atoms with Gasteiger partial charge in [-0.3, -0.25) is 0 Å². The second kappa shape index (κ2) is 8.35. The van der Waals surface area contributed by atoms with Crippen LogP contribution in [0.3, 0.4) is 0 Å². The zero-order valence-corrected chi connectivity index (χ0v) is 13.9. The normalized spacial score (nSPS) is 12.0. The van der Waals surface area contributed by atoms with E-state index in [1.807, 2.05) is 37.3 Å². The van der Waals surface area contributed by atoms with Crippen molar-refractivity contribution in [3.05, 3.63) is 36.0 Å². The van der Waals surface area contributed by atoms with Crippen LogP contribution >= 0.6 is 0 Å². The fraction of sp³-hybridized carbons (Fsp3) is 0.412. The molecule has 0 radical (unpaired) electrons. The number of nitrogen functional groups attached to an aromatic ring is 1. The molecule has 24 heavy (non-hydrogen) atoms. The third kappa shape index (κ3) is 4.26. The summed E-state index contributed by atoms with van der Waals surface area (Å²) in [5, 5.41) is 9.36. The number of carbonyl (C=O) groups excluding carboxylic acids is 1. The Labute approximate surface area is 141 Å². The van der Waals surface area contributed by atoms with E-state index in [4.69, 9.17) is 15.3 Å². The van der Waals surface area contributed by atoms with Gasteiger partial charge in [0.05, 0.1) is 12.7 Å². The number of hydrogen-bond donors (Lipinski definition) is 2. The lowest BCUT2D eigenvalue weighted by Crippen LogP contribution is -2.18. The smallest absolute Gasteiger partial charge is 0.359 e. The van der Waals surface area contributed by atoms with Gasteiger partial charge in [-0.25, -0.2) is 9.47 Å². The molecule has 0 aliphatic rings. The predicted octanol–water partition coefficient (Wildman–Crippen LogP) is 1.98. The first-order valence-electron chi connectivity index (χ1n) is 7.95. The minimum Gasteiger partial charge on any atom is -0.461 e. The summed E-state index contributed by atoms with van der Waals surface area (Å²) in [4.78, 5) is 16.5. The second-order valence-corrected chi connectivity index (χ2v) is 5.48. The maximum absolute atomic E-state index is 12.4. The molecule has 0 bridgehead atoms. The van der Waals surface area contributed by atoms with E-state index in [1.54, 1.807) is 6.92 Å². The number of benzene rings is 1. The largest absolute Gasteiger partial charge is 0.461 e. The van der Waals surface area contributed by atoms with Gasteiger partial charge in [-0.1, -0.05) is 43.7 Å². The number of hydrogen-bond acceptors (Lipinski definition) is 6. The molecule has 1 unspecified atom stereocenters. The lowest BCUT2D eigenvalue weighted by molar-refractivity contribution is 0.0493. The van der Waals surface area contributed by atoms with Gasteiger partial charge in [0.1, 0.15) is 12.3 Å². The van der Waals surface area contributed by atoms with Crippen molar-refractivity contribution in [2.45, 2.75) is 32.8 Å². The Kier molecular flexibility index (Phi) is 6.20. The molecule has 0 aliphatic heterocycles. The molecule has 1 aromatic heterocycles. The van der Waals surface area contributed by atoms with Crippen molar-refractivity contribution in [3.63, 3.8) is 0 Å². The molecule has 7 nitrogen and oxygen atoms in total. The summed E-state index contributed by atoms with van der Waals surface area (Å²) < 4.78 is 11.8. The average molecular weight is 333 g/mol.